The van der Waals surface area contributed by atoms with Crippen LogP contribution in [-0.2, 0) is 14.8 Å². The van der Waals surface area contributed by atoms with Crippen LogP contribution in [-0.4, -0.2) is 38.5 Å². The van der Waals surface area contributed by atoms with Crippen molar-refractivity contribution in [3.63, 3.8) is 0 Å². The van der Waals surface area contributed by atoms with Crippen LogP contribution in [0.1, 0.15) is 19.3 Å². The lowest BCUT2D eigenvalue weighted by Crippen LogP contribution is -2.37. The summed E-state index contributed by atoms with van der Waals surface area (Å²) >= 11 is 1.20. The van der Waals surface area contributed by atoms with E-state index in [0.717, 1.165) is 25.9 Å². The summed E-state index contributed by atoms with van der Waals surface area (Å²) in [6.07, 6.45) is 2.88. The zero-order valence-corrected chi connectivity index (χ0v) is 12.3. The van der Waals surface area contributed by atoms with Crippen molar-refractivity contribution < 1.29 is 13.2 Å². The van der Waals surface area contributed by atoms with Crippen LogP contribution in [0.25, 0.3) is 0 Å². The summed E-state index contributed by atoms with van der Waals surface area (Å²) in [5.74, 6) is 0.327. The highest BCUT2D eigenvalue weighted by atomic mass is 32.2. The highest BCUT2D eigenvalue weighted by Crippen LogP contribution is 2.35. The van der Waals surface area contributed by atoms with Gasteiger partial charge in [-0.05, 0) is 31.2 Å². The molecular weight excluding hydrogens is 284 g/mol. The number of rotatable bonds is 5. The second kappa shape index (κ2) is 5.05. The summed E-state index contributed by atoms with van der Waals surface area (Å²) in [6, 6.07) is 1.73. The molecule has 2 heterocycles. The van der Waals surface area contributed by atoms with Gasteiger partial charge in [-0.15, -0.1) is 11.3 Å². The maximum absolute atomic E-state index is 12.7. The Labute approximate surface area is 117 Å². The van der Waals surface area contributed by atoms with Crippen LogP contribution < -0.4 is 5.73 Å². The minimum atomic E-state index is -3.39. The lowest BCUT2D eigenvalue weighted by molar-refractivity contribution is 0.180. The summed E-state index contributed by atoms with van der Waals surface area (Å²) in [7, 11) is -3.39. The van der Waals surface area contributed by atoms with E-state index in [0.29, 0.717) is 29.0 Å². The first-order chi connectivity index (χ1) is 9.07. The van der Waals surface area contributed by atoms with E-state index in [9.17, 15) is 8.42 Å². The third kappa shape index (κ3) is 2.79. The molecule has 1 aliphatic carbocycles. The summed E-state index contributed by atoms with van der Waals surface area (Å²) in [5, 5.41) is 1.68. The van der Waals surface area contributed by atoms with E-state index in [2.05, 4.69) is 0 Å². The number of hydrogen-bond donors (Lipinski definition) is 1. The molecule has 0 amide bonds. The number of nitrogen functional groups attached to an aromatic ring is 1. The van der Waals surface area contributed by atoms with Crippen molar-refractivity contribution in [3.8, 4) is 0 Å². The molecule has 0 bridgehead atoms. The number of thiophene rings is 1. The molecule has 7 heteroatoms. The molecule has 106 valence electrons. The van der Waals surface area contributed by atoms with Gasteiger partial charge in [0.1, 0.15) is 4.21 Å². The predicted molar refractivity (Wildman–Crippen MR) is 74.6 cm³/mol. The van der Waals surface area contributed by atoms with Gasteiger partial charge in [0.25, 0.3) is 10.0 Å². The first-order valence-corrected chi connectivity index (χ1v) is 8.83. The molecule has 0 aromatic carbocycles. The van der Waals surface area contributed by atoms with Gasteiger partial charge in [0, 0.05) is 30.3 Å². The Morgan fingerprint density at radius 1 is 1.42 bits per heavy atom. The Hall–Kier alpha value is -0.630. The molecular formula is C12H18N2O3S2. The zero-order chi connectivity index (χ0) is 13.5. The molecule has 0 spiro atoms. The Balaban J connectivity index is 1.82. The number of hydrogen-bond acceptors (Lipinski definition) is 5. The maximum Gasteiger partial charge on any atom is 0.252 e. The molecule has 5 nitrogen and oxygen atoms in total. The van der Waals surface area contributed by atoms with Gasteiger partial charge < -0.3 is 10.5 Å². The van der Waals surface area contributed by atoms with Gasteiger partial charge in [-0.2, -0.15) is 4.31 Å². The quantitative estimate of drug-likeness (QED) is 0.895. The number of nitrogens with two attached hydrogens (primary N) is 1. The van der Waals surface area contributed by atoms with Crippen LogP contribution in [0.5, 0.6) is 0 Å². The van der Waals surface area contributed by atoms with Gasteiger partial charge >= 0.3 is 0 Å². The molecule has 1 aromatic rings. The Kier molecular flexibility index (Phi) is 3.55. The minimum Gasteiger partial charge on any atom is -0.398 e. The normalized spacial score (nSPS) is 24.2. The third-order valence-corrected chi connectivity index (χ3v) is 6.93. The summed E-state index contributed by atoms with van der Waals surface area (Å²) in [5.41, 5.74) is 6.16. The fraction of sp³-hybridized carbons (Fsp3) is 0.667. The van der Waals surface area contributed by atoms with Gasteiger partial charge in [-0.1, -0.05) is 0 Å². The number of anilines is 1. The average Bonchev–Trinajstić information content (AvgIpc) is 2.88. The first kappa shape index (κ1) is 13.4. The van der Waals surface area contributed by atoms with Crippen molar-refractivity contribution in [2.45, 2.75) is 29.5 Å². The zero-order valence-electron chi connectivity index (χ0n) is 10.6. The lowest BCUT2D eigenvalue weighted by atomic mass is 10.1. The van der Waals surface area contributed by atoms with Crippen LogP contribution >= 0.6 is 11.3 Å². The monoisotopic (exact) mass is 302 g/mol. The van der Waals surface area contributed by atoms with Crippen LogP contribution in [0, 0.1) is 5.92 Å². The minimum absolute atomic E-state index is 0.175. The lowest BCUT2D eigenvalue weighted by Gasteiger charge is -2.23. The van der Waals surface area contributed by atoms with E-state index in [1.54, 1.807) is 15.8 Å². The molecule has 1 aliphatic heterocycles. The van der Waals surface area contributed by atoms with E-state index in [-0.39, 0.29) is 6.04 Å². The van der Waals surface area contributed by atoms with Crippen molar-refractivity contribution in [1.29, 1.82) is 0 Å². The molecule has 2 N–H and O–H groups in total. The molecule has 0 radical (unpaired) electrons. The molecule has 1 aromatic heterocycles. The van der Waals surface area contributed by atoms with Gasteiger partial charge in [0.05, 0.1) is 6.61 Å². The van der Waals surface area contributed by atoms with Crippen molar-refractivity contribution in [3.05, 3.63) is 11.4 Å². The van der Waals surface area contributed by atoms with Gasteiger partial charge in [0.2, 0.25) is 0 Å². The highest BCUT2D eigenvalue weighted by molar-refractivity contribution is 7.91. The SMILES string of the molecule is Nc1csc(S(=O)(=O)N(CC2CCOC2)C2CC2)c1. The van der Waals surface area contributed by atoms with E-state index >= 15 is 0 Å². The van der Waals surface area contributed by atoms with Crippen molar-refractivity contribution in [2.75, 3.05) is 25.5 Å². The van der Waals surface area contributed by atoms with Gasteiger partial charge in [0.15, 0.2) is 0 Å². The van der Waals surface area contributed by atoms with Gasteiger partial charge in [-0.25, -0.2) is 8.42 Å². The third-order valence-electron chi connectivity index (χ3n) is 3.57. The van der Waals surface area contributed by atoms with Crippen molar-refractivity contribution in [2.24, 2.45) is 5.92 Å². The summed E-state index contributed by atoms with van der Waals surface area (Å²) < 4.78 is 32.7. The molecule has 2 fully saturated rings. The van der Waals surface area contributed by atoms with E-state index in [4.69, 9.17) is 10.5 Å². The molecule has 2 aliphatic rings. The smallest absolute Gasteiger partial charge is 0.252 e. The fourth-order valence-electron chi connectivity index (χ4n) is 2.37. The van der Waals surface area contributed by atoms with Crippen LogP contribution in [0.2, 0.25) is 0 Å². The van der Waals surface area contributed by atoms with E-state index < -0.39 is 10.0 Å². The molecule has 1 saturated carbocycles. The average molecular weight is 302 g/mol. The fourth-order valence-corrected chi connectivity index (χ4v) is 5.34. The van der Waals surface area contributed by atoms with Crippen LogP contribution in [0.15, 0.2) is 15.7 Å². The molecule has 1 atom stereocenters. The largest absolute Gasteiger partial charge is 0.398 e. The second-order valence-corrected chi connectivity index (χ2v) is 8.26. The van der Waals surface area contributed by atoms with E-state index in [1.165, 1.54) is 11.3 Å². The van der Waals surface area contributed by atoms with Crippen molar-refractivity contribution >= 4 is 27.0 Å². The Morgan fingerprint density at radius 2 is 2.21 bits per heavy atom. The summed E-state index contributed by atoms with van der Waals surface area (Å²) in [6.45, 7) is 1.99. The Bertz CT molecular complexity index is 545. The standard InChI is InChI=1S/C12H18N2O3S2/c13-10-5-12(18-8-10)19(15,16)14(11-1-2-11)6-9-3-4-17-7-9/h5,8-9,11H,1-4,6-7,13H2. The molecule has 1 unspecified atom stereocenters. The number of nitrogens with zero attached hydrogens (tertiary/aromatic N) is 1. The van der Waals surface area contributed by atoms with Crippen molar-refractivity contribution in [1.82, 2.24) is 4.31 Å². The van der Waals surface area contributed by atoms with E-state index in [1.807, 2.05) is 0 Å². The second-order valence-electron chi connectivity index (χ2n) is 5.23. The highest BCUT2D eigenvalue weighted by Gasteiger charge is 2.40. The number of sulfonamides is 1. The summed E-state index contributed by atoms with van der Waals surface area (Å²) in [4.78, 5) is 0. The number of ether oxygens (including phenoxy) is 1. The molecule has 3 rings (SSSR count). The molecule has 19 heavy (non-hydrogen) atoms. The van der Waals surface area contributed by atoms with Crippen LogP contribution in [0.3, 0.4) is 0 Å². The topological polar surface area (TPSA) is 72.6 Å². The molecule has 1 saturated heterocycles. The van der Waals surface area contributed by atoms with Crippen LogP contribution in [0.4, 0.5) is 5.69 Å². The maximum atomic E-state index is 12.7. The van der Waals surface area contributed by atoms with Gasteiger partial charge in [-0.3, -0.25) is 0 Å². The first-order valence-electron chi connectivity index (χ1n) is 6.51. The predicted octanol–water partition coefficient (Wildman–Crippen LogP) is 1.52. The Morgan fingerprint density at radius 3 is 2.74 bits per heavy atom.